The predicted octanol–water partition coefficient (Wildman–Crippen LogP) is 6.40. The maximum atomic E-state index is 13.5. The third-order valence-corrected chi connectivity index (χ3v) is 7.24. The summed E-state index contributed by atoms with van der Waals surface area (Å²) in [6.07, 6.45) is 0.680. The van der Waals surface area contributed by atoms with Gasteiger partial charge < -0.3 is 9.80 Å². The minimum Gasteiger partial charge on any atom is -0.305 e. The number of carbonyl (C=O) groups excluding carboxylic acids is 2. The van der Waals surface area contributed by atoms with Gasteiger partial charge in [-0.2, -0.15) is 0 Å². The van der Waals surface area contributed by atoms with E-state index in [9.17, 15) is 9.59 Å². The molecular weight excluding hydrogens is 404 g/mol. The van der Waals surface area contributed by atoms with Crippen LogP contribution in [0.3, 0.4) is 0 Å². The lowest BCUT2D eigenvalue weighted by atomic mass is 9.89. The summed E-state index contributed by atoms with van der Waals surface area (Å²) in [6.45, 7) is 7.96. The van der Waals surface area contributed by atoms with Gasteiger partial charge >= 0.3 is 0 Å². The summed E-state index contributed by atoms with van der Waals surface area (Å²) >= 11 is 1.57. The van der Waals surface area contributed by atoms with E-state index in [-0.39, 0.29) is 23.9 Å². The molecule has 2 unspecified atom stereocenters. The van der Waals surface area contributed by atoms with Crippen molar-refractivity contribution in [2.24, 2.45) is 0 Å². The first kappa shape index (κ1) is 21.3. The van der Waals surface area contributed by atoms with E-state index in [0.29, 0.717) is 12.3 Å². The molecule has 0 radical (unpaired) electrons. The minimum absolute atomic E-state index is 0.00203. The first-order valence-electron chi connectivity index (χ1n) is 10.8. The number of benzene rings is 2. The first-order chi connectivity index (χ1) is 14.9. The van der Waals surface area contributed by atoms with Gasteiger partial charge in [0, 0.05) is 29.2 Å². The molecule has 2 heterocycles. The van der Waals surface area contributed by atoms with Crippen molar-refractivity contribution >= 4 is 34.5 Å². The van der Waals surface area contributed by atoms with Crippen molar-refractivity contribution in [1.29, 1.82) is 0 Å². The van der Waals surface area contributed by atoms with Crippen molar-refractivity contribution in [3.8, 4) is 0 Å². The maximum Gasteiger partial charge on any atom is 0.268 e. The van der Waals surface area contributed by atoms with Gasteiger partial charge in [0.1, 0.15) is 0 Å². The lowest BCUT2D eigenvalue weighted by Crippen LogP contribution is -2.47. The van der Waals surface area contributed by atoms with E-state index in [1.54, 1.807) is 18.3 Å². The molecule has 0 aliphatic carbocycles. The fourth-order valence-electron chi connectivity index (χ4n) is 4.40. The van der Waals surface area contributed by atoms with E-state index in [1.807, 2.05) is 70.5 Å². The number of anilines is 2. The van der Waals surface area contributed by atoms with Crippen LogP contribution >= 0.6 is 11.3 Å². The zero-order valence-electron chi connectivity index (χ0n) is 18.4. The molecule has 4 rings (SSSR count). The van der Waals surface area contributed by atoms with Crippen LogP contribution in [0.4, 0.5) is 11.4 Å². The second-order valence-electron chi connectivity index (χ2n) is 8.42. The van der Waals surface area contributed by atoms with Crippen LogP contribution in [-0.4, -0.2) is 17.9 Å². The molecule has 160 valence electrons. The molecule has 0 fully saturated rings. The van der Waals surface area contributed by atoms with Crippen LogP contribution in [-0.2, 0) is 4.79 Å². The summed E-state index contributed by atoms with van der Waals surface area (Å²) < 4.78 is 0. The summed E-state index contributed by atoms with van der Waals surface area (Å²) in [4.78, 5) is 32.0. The minimum atomic E-state index is -0.121. The molecule has 3 aromatic rings. The monoisotopic (exact) mass is 432 g/mol. The fraction of sp³-hybridized carbons (Fsp3) is 0.308. The van der Waals surface area contributed by atoms with E-state index in [1.165, 1.54) is 4.88 Å². The van der Waals surface area contributed by atoms with Crippen molar-refractivity contribution < 1.29 is 9.59 Å². The summed E-state index contributed by atoms with van der Waals surface area (Å²) in [6, 6.07) is 21.6. The Morgan fingerprint density at radius 2 is 1.68 bits per heavy atom. The van der Waals surface area contributed by atoms with Crippen LogP contribution in [0.1, 0.15) is 66.2 Å². The molecule has 31 heavy (non-hydrogen) atoms. The van der Waals surface area contributed by atoms with Gasteiger partial charge in [-0.1, -0.05) is 50.2 Å². The second kappa shape index (κ2) is 8.67. The zero-order valence-corrected chi connectivity index (χ0v) is 19.2. The molecule has 4 nitrogen and oxygen atoms in total. The van der Waals surface area contributed by atoms with Crippen LogP contribution in [0.15, 0.2) is 66.7 Å². The zero-order chi connectivity index (χ0) is 22.1. The second-order valence-corrected chi connectivity index (χ2v) is 9.53. The normalized spacial score (nSPS) is 18.0. The Morgan fingerprint density at radius 3 is 2.32 bits per heavy atom. The van der Waals surface area contributed by atoms with Crippen LogP contribution in [0.5, 0.6) is 0 Å². The van der Waals surface area contributed by atoms with Gasteiger partial charge in [0.2, 0.25) is 5.91 Å². The van der Waals surface area contributed by atoms with Gasteiger partial charge in [0.05, 0.1) is 10.9 Å². The molecule has 0 saturated carbocycles. The number of nitrogens with zero attached hydrogens (tertiary/aromatic N) is 2. The molecule has 2 amide bonds. The van der Waals surface area contributed by atoms with Crippen LogP contribution in [0.2, 0.25) is 0 Å². The Balaban J connectivity index is 1.75. The number of para-hydroxylation sites is 2. The van der Waals surface area contributed by atoms with Gasteiger partial charge in [-0.3, -0.25) is 9.59 Å². The molecular formula is C26H28N2O2S. The van der Waals surface area contributed by atoms with E-state index < -0.39 is 0 Å². The molecule has 1 aliphatic heterocycles. The van der Waals surface area contributed by atoms with E-state index >= 15 is 0 Å². The molecule has 0 bridgehead atoms. The molecule has 0 saturated heterocycles. The highest BCUT2D eigenvalue weighted by molar-refractivity contribution is 7.14. The Labute approximate surface area is 188 Å². The average molecular weight is 433 g/mol. The molecule has 1 aliphatic rings. The van der Waals surface area contributed by atoms with Crippen molar-refractivity contribution in [1.82, 2.24) is 0 Å². The van der Waals surface area contributed by atoms with E-state index in [0.717, 1.165) is 21.8 Å². The van der Waals surface area contributed by atoms with Crippen molar-refractivity contribution in [2.45, 2.75) is 52.1 Å². The topological polar surface area (TPSA) is 40.6 Å². The molecule has 2 atom stereocenters. The van der Waals surface area contributed by atoms with Gasteiger partial charge in [-0.25, -0.2) is 0 Å². The summed E-state index contributed by atoms with van der Waals surface area (Å²) in [5.74, 6) is 0.430. The maximum absolute atomic E-state index is 13.5. The third kappa shape index (κ3) is 4.02. The number of fused-ring (bicyclic) bond motifs is 1. The molecule has 5 heteroatoms. The first-order valence-corrected chi connectivity index (χ1v) is 11.6. The largest absolute Gasteiger partial charge is 0.305 e. The van der Waals surface area contributed by atoms with Crippen LogP contribution in [0, 0.1) is 0 Å². The molecule has 1 aromatic heterocycles. The smallest absolute Gasteiger partial charge is 0.268 e. The van der Waals surface area contributed by atoms with Crippen LogP contribution < -0.4 is 9.80 Å². The molecule has 0 spiro atoms. The van der Waals surface area contributed by atoms with Gasteiger partial charge in [0.15, 0.2) is 0 Å². The Kier molecular flexibility index (Phi) is 5.96. The van der Waals surface area contributed by atoms with E-state index in [2.05, 4.69) is 26.8 Å². The average Bonchev–Trinajstić information content (AvgIpc) is 3.25. The summed E-state index contributed by atoms with van der Waals surface area (Å²) in [5.41, 5.74) is 2.77. The molecule has 0 N–H and O–H groups in total. The quantitative estimate of drug-likeness (QED) is 0.478. The lowest BCUT2D eigenvalue weighted by molar-refractivity contribution is -0.117. The Bertz CT molecular complexity index is 1090. The third-order valence-electron chi connectivity index (χ3n) is 5.87. The molecule has 2 aromatic carbocycles. The number of amides is 2. The van der Waals surface area contributed by atoms with Crippen molar-refractivity contribution in [2.75, 3.05) is 9.80 Å². The number of thiophene rings is 1. The highest BCUT2D eigenvalue weighted by atomic mass is 32.1. The van der Waals surface area contributed by atoms with Gasteiger partial charge in [0.25, 0.3) is 5.91 Å². The van der Waals surface area contributed by atoms with E-state index in [4.69, 9.17) is 0 Å². The summed E-state index contributed by atoms with van der Waals surface area (Å²) in [5, 5.41) is 0. The SMILES string of the molecule is CC(=O)N(c1ccccc1)C1CC(C)N(C(=O)c2ccc(C(C)C)s2)c2ccccc21. The van der Waals surface area contributed by atoms with Crippen molar-refractivity contribution in [3.63, 3.8) is 0 Å². The van der Waals surface area contributed by atoms with Crippen molar-refractivity contribution in [3.05, 3.63) is 82.0 Å². The van der Waals surface area contributed by atoms with Gasteiger partial charge in [-0.15, -0.1) is 11.3 Å². The summed E-state index contributed by atoms with van der Waals surface area (Å²) in [7, 11) is 0. The highest BCUT2D eigenvalue weighted by Gasteiger charge is 2.38. The highest BCUT2D eigenvalue weighted by Crippen LogP contribution is 2.43. The fourth-order valence-corrected chi connectivity index (χ4v) is 5.35. The Hall–Kier alpha value is -2.92. The number of rotatable bonds is 4. The standard InChI is InChI=1S/C26H28N2O2S/c1-17(2)24-14-15-25(31-24)26(30)27-18(3)16-23(21-12-8-9-13-22(21)27)28(19(4)29)20-10-6-5-7-11-20/h5-15,17-18,23H,16H2,1-4H3. The van der Waals surface area contributed by atoms with Gasteiger partial charge in [-0.05, 0) is 55.2 Å². The number of hydrogen-bond donors (Lipinski definition) is 0. The Morgan fingerprint density at radius 1 is 1.00 bits per heavy atom. The predicted molar refractivity (Wildman–Crippen MR) is 128 cm³/mol. The number of carbonyl (C=O) groups is 2. The van der Waals surface area contributed by atoms with Crippen LogP contribution in [0.25, 0.3) is 0 Å². The number of hydrogen-bond acceptors (Lipinski definition) is 3. The lowest BCUT2D eigenvalue weighted by Gasteiger charge is -2.43.